The van der Waals surface area contributed by atoms with Gasteiger partial charge in [-0.3, -0.25) is 14.2 Å². The normalized spacial score (nSPS) is 13.0. The Morgan fingerprint density at radius 2 is 2.23 bits per heavy atom. The van der Waals surface area contributed by atoms with Gasteiger partial charge >= 0.3 is 5.97 Å². The summed E-state index contributed by atoms with van der Waals surface area (Å²) < 4.78 is 6.00. The Balaban J connectivity index is 1.59. The molecule has 0 atom stereocenters. The molecule has 1 N–H and O–H groups in total. The third kappa shape index (κ3) is 2.82. The van der Waals surface area contributed by atoms with Gasteiger partial charge in [-0.05, 0) is 36.3 Å². The molecule has 0 fully saturated rings. The van der Waals surface area contributed by atoms with E-state index in [2.05, 4.69) is 10.3 Å². The maximum atomic E-state index is 12.8. The number of anilines is 1. The maximum absolute atomic E-state index is 12.8. The van der Waals surface area contributed by atoms with Gasteiger partial charge < -0.3 is 10.1 Å². The van der Waals surface area contributed by atoms with E-state index in [0.717, 1.165) is 29.7 Å². The van der Waals surface area contributed by atoms with E-state index in [1.807, 2.05) is 0 Å². The van der Waals surface area contributed by atoms with Crippen LogP contribution in [0, 0.1) is 0 Å². The summed E-state index contributed by atoms with van der Waals surface area (Å²) in [6.45, 7) is -0.164. The average molecular weight is 389 g/mol. The Labute approximate surface area is 156 Å². The number of aromatic nitrogens is 2. The summed E-state index contributed by atoms with van der Waals surface area (Å²) in [6.07, 6.45) is 4.34. The number of carbonyl (C=O) groups is 2. The first-order valence-electron chi connectivity index (χ1n) is 8.04. The number of ether oxygens (including phenoxy) is 1. The summed E-state index contributed by atoms with van der Waals surface area (Å²) in [7, 11) is 1.29. The monoisotopic (exact) mass is 389 g/mol. The molecule has 7 nitrogen and oxygen atoms in total. The second-order valence-corrected chi connectivity index (χ2v) is 7.92. The van der Waals surface area contributed by atoms with Crippen molar-refractivity contribution in [3.05, 3.63) is 43.4 Å². The van der Waals surface area contributed by atoms with Gasteiger partial charge in [0.1, 0.15) is 16.3 Å². The SMILES string of the molecule is COC(=O)c1sccc1NC(=O)Cn1cnc2sc3c(c2c1=O)CCC3. The summed E-state index contributed by atoms with van der Waals surface area (Å²) >= 11 is 2.75. The van der Waals surface area contributed by atoms with Crippen molar-refractivity contribution < 1.29 is 14.3 Å². The lowest BCUT2D eigenvalue weighted by molar-refractivity contribution is -0.116. The minimum absolute atomic E-state index is 0.164. The molecule has 1 aliphatic rings. The maximum Gasteiger partial charge on any atom is 0.350 e. The molecule has 3 heterocycles. The number of thiophene rings is 2. The van der Waals surface area contributed by atoms with Crippen molar-refractivity contribution >= 4 is 50.5 Å². The van der Waals surface area contributed by atoms with Crippen LogP contribution in [0.4, 0.5) is 5.69 Å². The fraction of sp³-hybridized carbons (Fsp3) is 0.294. The number of carbonyl (C=O) groups excluding carboxylic acids is 2. The highest BCUT2D eigenvalue weighted by Gasteiger charge is 2.22. The van der Waals surface area contributed by atoms with Gasteiger partial charge in [0.15, 0.2) is 0 Å². The van der Waals surface area contributed by atoms with Crippen molar-refractivity contribution in [2.75, 3.05) is 12.4 Å². The molecule has 0 saturated heterocycles. The minimum Gasteiger partial charge on any atom is -0.465 e. The van der Waals surface area contributed by atoms with E-state index in [9.17, 15) is 14.4 Å². The van der Waals surface area contributed by atoms with E-state index in [-0.39, 0.29) is 12.1 Å². The van der Waals surface area contributed by atoms with Crippen LogP contribution < -0.4 is 10.9 Å². The van der Waals surface area contributed by atoms with E-state index >= 15 is 0 Å². The van der Waals surface area contributed by atoms with Gasteiger partial charge in [0.2, 0.25) is 5.91 Å². The highest BCUT2D eigenvalue weighted by Crippen LogP contribution is 2.34. The zero-order valence-electron chi connectivity index (χ0n) is 13.9. The molecular weight excluding hydrogens is 374 g/mol. The van der Waals surface area contributed by atoms with Crippen LogP contribution in [0.1, 0.15) is 26.5 Å². The van der Waals surface area contributed by atoms with E-state index in [0.29, 0.717) is 16.0 Å². The Morgan fingerprint density at radius 3 is 3.04 bits per heavy atom. The van der Waals surface area contributed by atoms with Gasteiger partial charge in [-0.25, -0.2) is 9.78 Å². The Kier molecular flexibility index (Phi) is 4.33. The zero-order valence-corrected chi connectivity index (χ0v) is 15.5. The molecule has 9 heteroatoms. The number of hydrogen-bond donors (Lipinski definition) is 1. The topological polar surface area (TPSA) is 90.3 Å². The van der Waals surface area contributed by atoms with Crippen molar-refractivity contribution in [1.29, 1.82) is 0 Å². The molecule has 0 saturated carbocycles. The molecule has 1 aliphatic carbocycles. The summed E-state index contributed by atoms with van der Waals surface area (Å²) in [6, 6.07) is 1.63. The highest BCUT2D eigenvalue weighted by molar-refractivity contribution is 7.18. The van der Waals surface area contributed by atoms with Crippen LogP contribution in [0.3, 0.4) is 0 Å². The second-order valence-electron chi connectivity index (χ2n) is 5.92. The van der Waals surface area contributed by atoms with E-state index in [4.69, 9.17) is 4.74 Å². The molecule has 0 radical (unpaired) electrons. The number of esters is 1. The minimum atomic E-state index is -0.510. The first kappa shape index (κ1) is 16.9. The number of methoxy groups -OCH3 is 1. The van der Waals surface area contributed by atoms with Crippen LogP contribution in [0.25, 0.3) is 10.2 Å². The Morgan fingerprint density at radius 1 is 1.38 bits per heavy atom. The van der Waals surface area contributed by atoms with Crippen LogP contribution in [-0.4, -0.2) is 28.5 Å². The van der Waals surface area contributed by atoms with Crippen LogP contribution in [-0.2, 0) is 28.9 Å². The first-order valence-corrected chi connectivity index (χ1v) is 9.73. The van der Waals surface area contributed by atoms with Crippen molar-refractivity contribution in [2.24, 2.45) is 0 Å². The lowest BCUT2D eigenvalue weighted by Crippen LogP contribution is -2.28. The second kappa shape index (κ2) is 6.65. The quantitative estimate of drug-likeness (QED) is 0.692. The molecule has 3 aromatic heterocycles. The van der Waals surface area contributed by atoms with Gasteiger partial charge in [-0.2, -0.15) is 0 Å². The van der Waals surface area contributed by atoms with Crippen LogP contribution in [0.2, 0.25) is 0 Å². The summed E-state index contributed by atoms with van der Waals surface area (Å²) in [5.74, 6) is -0.909. The summed E-state index contributed by atoms with van der Waals surface area (Å²) in [5.41, 5.74) is 1.27. The lowest BCUT2D eigenvalue weighted by atomic mass is 10.2. The van der Waals surface area contributed by atoms with Crippen LogP contribution >= 0.6 is 22.7 Å². The summed E-state index contributed by atoms with van der Waals surface area (Å²) in [4.78, 5) is 43.5. The smallest absolute Gasteiger partial charge is 0.350 e. The van der Waals surface area contributed by atoms with Crippen LogP contribution in [0.15, 0.2) is 22.6 Å². The molecule has 0 unspecified atom stereocenters. The lowest BCUT2D eigenvalue weighted by Gasteiger charge is -2.08. The number of rotatable bonds is 4. The third-order valence-electron chi connectivity index (χ3n) is 4.32. The third-order valence-corrected chi connectivity index (χ3v) is 6.41. The number of nitrogens with one attached hydrogen (secondary N) is 1. The standard InChI is InChI=1S/C17H15N3O4S2/c1-24-17(23)14-10(5-6-25-14)19-12(21)7-20-8-18-15-13(16(20)22)9-3-2-4-11(9)26-15/h5-6,8H,2-4,7H2,1H3,(H,19,21). The molecule has 134 valence electrons. The highest BCUT2D eigenvalue weighted by atomic mass is 32.1. The fourth-order valence-electron chi connectivity index (χ4n) is 3.14. The predicted octanol–water partition coefficient (Wildman–Crippen LogP) is 2.43. The molecule has 0 spiro atoms. The number of hydrogen-bond acceptors (Lipinski definition) is 7. The van der Waals surface area contributed by atoms with E-state index in [1.54, 1.807) is 22.8 Å². The van der Waals surface area contributed by atoms with Gasteiger partial charge in [0, 0.05) is 4.88 Å². The van der Waals surface area contributed by atoms with Gasteiger partial charge in [-0.15, -0.1) is 22.7 Å². The molecule has 4 rings (SSSR count). The van der Waals surface area contributed by atoms with Crippen LogP contribution in [0.5, 0.6) is 0 Å². The number of aryl methyl sites for hydroxylation is 2. The van der Waals surface area contributed by atoms with Crippen molar-refractivity contribution in [3.63, 3.8) is 0 Å². The average Bonchev–Trinajstić information content (AvgIpc) is 3.32. The fourth-order valence-corrected chi connectivity index (χ4v) is 5.12. The van der Waals surface area contributed by atoms with Gasteiger partial charge in [0.25, 0.3) is 5.56 Å². The Hall–Kier alpha value is -2.52. The van der Waals surface area contributed by atoms with E-state index < -0.39 is 11.9 Å². The van der Waals surface area contributed by atoms with E-state index in [1.165, 1.54) is 34.2 Å². The number of amides is 1. The molecular formula is C17H15N3O4S2. The van der Waals surface area contributed by atoms with Gasteiger partial charge in [-0.1, -0.05) is 0 Å². The summed E-state index contributed by atoms with van der Waals surface area (Å²) in [5, 5.41) is 4.99. The Bertz CT molecular complexity index is 1080. The first-order chi connectivity index (χ1) is 12.6. The molecule has 3 aromatic rings. The number of fused-ring (bicyclic) bond motifs is 3. The zero-order chi connectivity index (χ0) is 18.3. The van der Waals surface area contributed by atoms with Gasteiger partial charge in [0.05, 0.1) is 24.5 Å². The van der Waals surface area contributed by atoms with Crippen molar-refractivity contribution in [3.8, 4) is 0 Å². The van der Waals surface area contributed by atoms with Crippen molar-refractivity contribution in [1.82, 2.24) is 9.55 Å². The molecule has 26 heavy (non-hydrogen) atoms. The van der Waals surface area contributed by atoms with Crippen molar-refractivity contribution in [2.45, 2.75) is 25.8 Å². The molecule has 0 aliphatic heterocycles. The largest absolute Gasteiger partial charge is 0.465 e. The molecule has 0 bridgehead atoms. The predicted molar refractivity (Wildman–Crippen MR) is 100 cm³/mol. The molecule has 1 amide bonds. The number of nitrogens with zero attached hydrogens (tertiary/aromatic N) is 2. The molecule has 0 aromatic carbocycles.